The Bertz CT molecular complexity index is 548. The molecule has 2 aromatic heterocycles. The van der Waals surface area contributed by atoms with E-state index in [2.05, 4.69) is 27.8 Å². The van der Waals surface area contributed by atoms with Gasteiger partial charge in [-0.15, -0.1) is 11.3 Å². The SMILES string of the molecule is c1cc2sccc2c(NC2CC3CCC2C3)n1. The molecule has 0 spiro atoms. The lowest BCUT2D eigenvalue weighted by Crippen LogP contribution is -2.26. The minimum atomic E-state index is 0.673. The second kappa shape index (κ2) is 3.70. The summed E-state index contributed by atoms with van der Waals surface area (Å²) in [6.45, 7) is 0. The lowest BCUT2D eigenvalue weighted by Gasteiger charge is -2.23. The van der Waals surface area contributed by atoms with E-state index in [4.69, 9.17) is 0 Å². The molecule has 2 aromatic rings. The first-order chi connectivity index (χ1) is 8.40. The fraction of sp³-hybridized carbons (Fsp3) is 0.500. The molecule has 0 amide bonds. The average molecular weight is 244 g/mol. The van der Waals surface area contributed by atoms with Gasteiger partial charge in [0.1, 0.15) is 5.82 Å². The van der Waals surface area contributed by atoms with Crippen molar-refractivity contribution in [2.75, 3.05) is 5.32 Å². The van der Waals surface area contributed by atoms with Crippen LogP contribution >= 0.6 is 11.3 Å². The molecule has 0 saturated heterocycles. The van der Waals surface area contributed by atoms with Crippen molar-refractivity contribution in [3.63, 3.8) is 0 Å². The average Bonchev–Trinajstić information content (AvgIpc) is 3.04. The van der Waals surface area contributed by atoms with Gasteiger partial charge < -0.3 is 5.32 Å². The maximum atomic E-state index is 4.52. The van der Waals surface area contributed by atoms with Gasteiger partial charge in [0, 0.05) is 22.3 Å². The molecule has 2 heterocycles. The Kier molecular flexibility index (Phi) is 2.15. The predicted molar refractivity (Wildman–Crippen MR) is 72.5 cm³/mol. The number of pyridine rings is 1. The molecule has 1 N–H and O–H groups in total. The molecule has 3 heteroatoms. The van der Waals surface area contributed by atoms with Crippen molar-refractivity contribution in [2.45, 2.75) is 31.7 Å². The number of hydrogen-bond acceptors (Lipinski definition) is 3. The smallest absolute Gasteiger partial charge is 0.134 e. The summed E-state index contributed by atoms with van der Waals surface area (Å²) in [6, 6.07) is 4.96. The third-order valence-corrected chi connectivity index (χ3v) is 5.32. The predicted octanol–water partition coefficient (Wildman–Crippen LogP) is 3.90. The van der Waals surface area contributed by atoms with Gasteiger partial charge in [0.2, 0.25) is 0 Å². The molecule has 17 heavy (non-hydrogen) atoms. The Morgan fingerprint density at radius 3 is 3.06 bits per heavy atom. The van der Waals surface area contributed by atoms with E-state index < -0.39 is 0 Å². The minimum absolute atomic E-state index is 0.673. The number of rotatable bonds is 2. The number of hydrogen-bond donors (Lipinski definition) is 1. The van der Waals surface area contributed by atoms with E-state index in [0.717, 1.165) is 17.7 Å². The van der Waals surface area contributed by atoms with E-state index in [1.165, 1.54) is 35.8 Å². The Morgan fingerprint density at radius 2 is 2.24 bits per heavy atom. The summed E-state index contributed by atoms with van der Waals surface area (Å²) in [5.74, 6) is 2.98. The summed E-state index contributed by atoms with van der Waals surface area (Å²) in [4.78, 5) is 4.52. The number of fused-ring (bicyclic) bond motifs is 3. The Labute approximate surface area is 105 Å². The van der Waals surface area contributed by atoms with Gasteiger partial charge in [-0.05, 0) is 48.6 Å². The van der Waals surface area contributed by atoms with Gasteiger partial charge in [0.25, 0.3) is 0 Å². The van der Waals surface area contributed by atoms with Crippen molar-refractivity contribution in [3.05, 3.63) is 23.7 Å². The molecule has 0 aromatic carbocycles. The molecule has 0 radical (unpaired) electrons. The van der Waals surface area contributed by atoms with Crippen LogP contribution in [0, 0.1) is 11.8 Å². The highest BCUT2D eigenvalue weighted by Gasteiger charge is 2.39. The van der Waals surface area contributed by atoms with Crippen LogP contribution in [-0.4, -0.2) is 11.0 Å². The molecule has 2 aliphatic rings. The van der Waals surface area contributed by atoms with Crippen molar-refractivity contribution in [2.24, 2.45) is 11.8 Å². The van der Waals surface area contributed by atoms with Crippen LogP contribution in [0.25, 0.3) is 10.1 Å². The molecule has 2 saturated carbocycles. The summed E-state index contributed by atoms with van der Waals surface area (Å²) in [5, 5.41) is 7.14. The lowest BCUT2D eigenvalue weighted by atomic mass is 9.95. The normalized spacial score (nSPS) is 31.2. The summed E-state index contributed by atoms with van der Waals surface area (Å²) in [7, 11) is 0. The van der Waals surface area contributed by atoms with E-state index in [1.54, 1.807) is 11.3 Å². The summed E-state index contributed by atoms with van der Waals surface area (Å²) in [6.07, 6.45) is 7.60. The first-order valence-electron chi connectivity index (χ1n) is 6.49. The molecule has 4 rings (SSSR count). The largest absolute Gasteiger partial charge is 0.367 e. The number of thiophene rings is 1. The highest BCUT2D eigenvalue weighted by molar-refractivity contribution is 7.17. The zero-order chi connectivity index (χ0) is 11.2. The molecule has 88 valence electrons. The van der Waals surface area contributed by atoms with Crippen LogP contribution in [0.15, 0.2) is 23.7 Å². The number of anilines is 1. The Balaban J connectivity index is 1.65. The van der Waals surface area contributed by atoms with E-state index >= 15 is 0 Å². The van der Waals surface area contributed by atoms with Crippen LogP contribution in [0.4, 0.5) is 5.82 Å². The lowest BCUT2D eigenvalue weighted by molar-refractivity contribution is 0.439. The quantitative estimate of drug-likeness (QED) is 0.866. The molecule has 3 unspecified atom stereocenters. The highest BCUT2D eigenvalue weighted by atomic mass is 32.1. The van der Waals surface area contributed by atoms with Crippen molar-refractivity contribution in [1.29, 1.82) is 0 Å². The first kappa shape index (κ1) is 9.89. The van der Waals surface area contributed by atoms with Crippen molar-refractivity contribution >= 4 is 27.2 Å². The van der Waals surface area contributed by atoms with Gasteiger partial charge >= 0.3 is 0 Å². The van der Waals surface area contributed by atoms with Gasteiger partial charge in [-0.3, -0.25) is 0 Å². The van der Waals surface area contributed by atoms with E-state index in [1.807, 2.05) is 6.20 Å². The molecule has 2 aliphatic carbocycles. The van der Waals surface area contributed by atoms with Crippen molar-refractivity contribution in [3.8, 4) is 0 Å². The first-order valence-corrected chi connectivity index (χ1v) is 7.37. The minimum Gasteiger partial charge on any atom is -0.367 e. The number of nitrogens with one attached hydrogen (secondary N) is 1. The van der Waals surface area contributed by atoms with Crippen LogP contribution in [0.3, 0.4) is 0 Å². The second-order valence-electron chi connectivity index (χ2n) is 5.42. The van der Waals surface area contributed by atoms with Crippen LogP contribution in [0.5, 0.6) is 0 Å². The van der Waals surface area contributed by atoms with Gasteiger partial charge in [0.05, 0.1) is 0 Å². The maximum Gasteiger partial charge on any atom is 0.134 e. The monoisotopic (exact) mass is 244 g/mol. The van der Waals surface area contributed by atoms with E-state index in [0.29, 0.717) is 6.04 Å². The second-order valence-corrected chi connectivity index (χ2v) is 6.37. The topological polar surface area (TPSA) is 24.9 Å². The van der Waals surface area contributed by atoms with Crippen LogP contribution in [-0.2, 0) is 0 Å². The van der Waals surface area contributed by atoms with Gasteiger partial charge in [-0.25, -0.2) is 4.98 Å². The Hall–Kier alpha value is -1.09. The van der Waals surface area contributed by atoms with E-state index in [9.17, 15) is 0 Å². The third-order valence-electron chi connectivity index (χ3n) is 4.44. The molecular weight excluding hydrogens is 228 g/mol. The maximum absolute atomic E-state index is 4.52. The van der Waals surface area contributed by atoms with Crippen molar-refractivity contribution in [1.82, 2.24) is 4.98 Å². The molecule has 2 bridgehead atoms. The standard InChI is InChI=1S/C14H16N2S/c1-2-10-7-9(1)8-12(10)16-14-11-4-6-17-13(11)3-5-15-14/h3-6,9-10,12H,1-2,7-8H2,(H,15,16). The highest BCUT2D eigenvalue weighted by Crippen LogP contribution is 2.45. The Morgan fingerprint density at radius 1 is 1.24 bits per heavy atom. The fourth-order valence-electron chi connectivity index (χ4n) is 3.61. The molecule has 3 atom stereocenters. The van der Waals surface area contributed by atoms with Gasteiger partial charge in [-0.1, -0.05) is 6.42 Å². The third kappa shape index (κ3) is 1.56. The van der Waals surface area contributed by atoms with Crippen molar-refractivity contribution < 1.29 is 0 Å². The molecular formula is C14H16N2S. The summed E-state index contributed by atoms with van der Waals surface area (Å²) >= 11 is 1.79. The molecule has 0 aliphatic heterocycles. The summed E-state index contributed by atoms with van der Waals surface area (Å²) in [5.41, 5.74) is 0. The molecule has 2 nitrogen and oxygen atoms in total. The van der Waals surface area contributed by atoms with Gasteiger partial charge in [0.15, 0.2) is 0 Å². The zero-order valence-corrected chi connectivity index (χ0v) is 10.5. The van der Waals surface area contributed by atoms with Crippen LogP contribution in [0.2, 0.25) is 0 Å². The van der Waals surface area contributed by atoms with E-state index in [-0.39, 0.29) is 0 Å². The van der Waals surface area contributed by atoms with Crippen LogP contribution in [0.1, 0.15) is 25.7 Å². The molecule has 2 fully saturated rings. The summed E-state index contributed by atoms with van der Waals surface area (Å²) < 4.78 is 1.34. The zero-order valence-electron chi connectivity index (χ0n) is 9.73. The fourth-order valence-corrected chi connectivity index (χ4v) is 4.39. The number of aromatic nitrogens is 1. The number of nitrogens with zero attached hydrogens (tertiary/aromatic N) is 1. The van der Waals surface area contributed by atoms with Gasteiger partial charge in [-0.2, -0.15) is 0 Å². The van der Waals surface area contributed by atoms with Crippen LogP contribution < -0.4 is 5.32 Å².